The zero-order chi connectivity index (χ0) is 22.6. The summed E-state index contributed by atoms with van der Waals surface area (Å²) in [4.78, 5) is 26.0. The fraction of sp³-hybridized carbons (Fsp3) is 0.579. The minimum absolute atomic E-state index is 0.0480. The number of rotatable bonds is 9. The zero-order valence-corrected chi connectivity index (χ0v) is 17.5. The number of nitrogens with one attached hydrogen (secondary N) is 1. The Labute approximate surface area is 178 Å². The van der Waals surface area contributed by atoms with Crippen molar-refractivity contribution in [2.75, 3.05) is 11.4 Å². The third kappa shape index (κ3) is 6.36. The van der Waals surface area contributed by atoms with Gasteiger partial charge in [-0.15, -0.1) is 0 Å². The molecule has 3 N–H and O–H groups in total. The minimum Gasteiger partial charge on any atom is -0.426 e. The molecule has 1 amide bonds. The van der Waals surface area contributed by atoms with Crippen LogP contribution in [0.25, 0.3) is 0 Å². The highest BCUT2D eigenvalue weighted by molar-refractivity contribution is 6.43. The Bertz CT molecular complexity index is 777. The van der Waals surface area contributed by atoms with Crippen molar-refractivity contribution in [2.45, 2.75) is 57.7 Å². The van der Waals surface area contributed by atoms with Gasteiger partial charge >= 0.3 is 13.3 Å². The number of alkyl halides is 3. The summed E-state index contributed by atoms with van der Waals surface area (Å²) in [5, 5.41) is 21.2. The first-order chi connectivity index (χ1) is 13.9. The molecule has 166 valence electrons. The van der Waals surface area contributed by atoms with Crippen molar-refractivity contribution in [1.29, 1.82) is 0 Å². The number of amides is 1. The van der Waals surface area contributed by atoms with Gasteiger partial charge in [0.05, 0.1) is 17.5 Å². The van der Waals surface area contributed by atoms with Crippen molar-refractivity contribution in [2.24, 2.45) is 5.92 Å². The molecule has 30 heavy (non-hydrogen) atoms. The molecule has 0 aliphatic carbocycles. The molecule has 0 radical (unpaired) electrons. The normalized spacial score (nSPS) is 17.5. The van der Waals surface area contributed by atoms with E-state index in [4.69, 9.17) is 11.6 Å². The van der Waals surface area contributed by atoms with Crippen molar-refractivity contribution in [3.8, 4) is 0 Å². The van der Waals surface area contributed by atoms with E-state index in [9.17, 15) is 32.8 Å². The predicted molar refractivity (Wildman–Crippen MR) is 108 cm³/mol. The van der Waals surface area contributed by atoms with E-state index in [2.05, 4.69) is 5.32 Å². The first-order valence-electron chi connectivity index (χ1n) is 9.71. The number of hydrogen-bond acceptors (Lipinski definition) is 5. The molecule has 11 heteroatoms. The molecule has 2 atom stereocenters. The smallest absolute Gasteiger partial charge is 0.426 e. The quantitative estimate of drug-likeness (QED) is 0.506. The summed E-state index contributed by atoms with van der Waals surface area (Å²) >= 11 is 5.70. The highest BCUT2D eigenvalue weighted by Gasteiger charge is 2.41. The Morgan fingerprint density at radius 3 is 2.47 bits per heavy atom. The minimum atomic E-state index is -4.61. The summed E-state index contributed by atoms with van der Waals surface area (Å²) in [5.74, 6) is -1.60. The van der Waals surface area contributed by atoms with Gasteiger partial charge in [-0.05, 0) is 37.0 Å². The van der Waals surface area contributed by atoms with Crippen LogP contribution in [0.5, 0.6) is 0 Å². The van der Waals surface area contributed by atoms with Gasteiger partial charge in [0.2, 0.25) is 5.91 Å². The number of hydrogen-bond donors (Lipinski definition) is 3. The topological polar surface area (TPSA) is 89.9 Å². The van der Waals surface area contributed by atoms with E-state index in [0.29, 0.717) is 19.4 Å². The van der Waals surface area contributed by atoms with Crippen LogP contribution in [-0.4, -0.2) is 47.4 Å². The second-order valence-electron chi connectivity index (χ2n) is 7.84. The van der Waals surface area contributed by atoms with Crippen LogP contribution in [0.2, 0.25) is 5.02 Å². The SMILES string of the molecule is CC(C)CC(NC(=O)CCC(=O)C1CCN1c1ccc(Cl)cc1C(F)(F)F)B(O)O. The molecule has 0 bridgehead atoms. The molecular weight excluding hydrogens is 423 g/mol. The molecule has 1 aromatic rings. The summed E-state index contributed by atoms with van der Waals surface area (Å²) in [5.41, 5.74) is -1.01. The summed E-state index contributed by atoms with van der Waals surface area (Å²) < 4.78 is 40.0. The highest BCUT2D eigenvalue weighted by atomic mass is 35.5. The monoisotopic (exact) mass is 448 g/mol. The lowest BCUT2D eigenvalue weighted by Gasteiger charge is -2.43. The number of benzene rings is 1. The lowest BCUT2D eigenvalue weighted by molar-refractivity contribution is -0.137. The largest absolute Gasteiger partial charge is 0.475 e. The van der Waals surface area contributed by atoms with E-state index in [0.717, 1.165) is 6.07 Å². The summed E-state index contributed by atoms with van der Waals surface area (Å²) in [6, 6.07) is 2.68. The van der Waals surface area contributed by atoms with Crippen molar-refractivity contribution < 1.29 is 32.8 Å². The van der Waals surface area contributed by atoms with Crippen LogP contribution in [0, 0.1) is 5.92 Å². The van der Waals surface area contributed by atoms with E-state index < -0.39 is 36.7 Å². The third-order valence-electron chi connectivity index (χ3n) is 4.99. The van der Waals surface area contributed by atoms with Crippen LogP contribution >= 0.6 is 11.6 Å². The van der Waals surface area contributed by atoms with Crippen LogP contribution in [0.4, 0.5) is 18.9 Å². The molecule has 1 aliphatic rings. The highest BCUT2D eigenvalue weighted by Crippen LogP contribution is 2.41. The number of carbonyl (C=O) groups excluding carboxylic acids is 2. The Hall–Kier alpha value is -1.78. The molecule has 0 spiro atoms. The van der Waals surface area contributed by atoms with Crippen molar-refractivity contribution in [1.82, 2.24) is 5.32 Å². The standard InChI is InChI=1S/C19H25BClF3N2O4/c1-11(2)9-17(20(29)30)25-18(28)6-5-16(27)15-7-8-26(15)14-4-3-12(21)10-13(14)19(22,23)24/h3-4,10-11,15,17,29-30H,5-9H2,1-2H3,(H,25,28). The van der Waals surface area contributed by atoms with E-state index in [-0.39, 0.29) is 35.3 Å². The molecule has 6 nitrogen and oxygen atoms in total. The fourth-order valence-corrected chi connectivity index (χ4v) is 3.61. The first kappa shape index (κ1) is 24.5. The summed E-state index contributed by atoms with van der Waals surface area (Å²) in [6.45, 7) is 4.02. The second kappa shape index (κ2) is 10.0. The molecule has 0 aromatic heterocycles. The number of nitrogens with zero attached hydrogens (tertiary/aromatic N) is 1. The van der Waals surface area contributed by atoms with Crippen molar-refractivity contribution in [3.63, 3.8) is 0 Å². The van der Waals surface area contributed by atoms with E-state index >= 15 is 0 Å². The summed E-state index contributed by atoms with van der Waals surface area (Å²) in [7, 11) is -1.72. The van der Waals surface area contributed by atoms with Crippen molar-refractivity contribution in [3.05, 3.63) is 28.8 Å². The molecule has 2 rings (SSSR count). The molecule has 0 saturated carbocycles. The van der Waals surface area contributed by atoms with Gasteiger partial charge in [0.15, 0.2) is 5.78 Å². The van der Waals surface area contributed by atoms with E-state index in [1.54, 1.807) is 0 Å². The molecule has 1 aliphatic heterocycles. The van der Waals surface area contributed by atoms with Crippen molar-refractivity contribution >= 4 is 36.1 Å². The summed E-state index contributed by atoms with van der Waals surface area (Å²) in [6.07, 6.45) is -4.20. The maximum absolute atomic E-state index is 13.3. The predicted octanol–water partition coefficient (Wildman–Crippen LogP) is 2.83. The number of anilines is 1. The molecular formula is C19H25BClF3N2O4. The Kier molecular flexibility index (Phi) is 8.18. The van der Waals surface area contributed by atoms with E-state index in [1.165, 1.54) is 17.0 Å². The molecule has 1 heterocycles. The number of Topliss-reactive ketones (excluding diaryl/α,β-unsaturated/α-hetero) is 1. The maximum atomic E-state index is 13.3. The van der Waals surface area contributed by atoms with Gasteiger partial charge < -0.3 is 20.3 Å². The average molecular weight is 449 g/mol. The average Bonchev–Trinajstić information content (AvgIpc) is 2.58. The Balaban J connectivity index is 1.98. The molecule has 1 saturated heterocycles. The first-order valence-corrected chi connectivity index (χ1v) is 10.1. The molecule has 2 unspecified atom stereocenters. The molecule has 1 fully saturated rings. The fourth-order valence-electron chi connectivity index (χ4n) is 3.44. The van der Waals surface area contributed by atoms with Gasteiger partial charge in [0.25, 0.3) is 0 Å². The van der Waals surface area contributed by atoms with E-state index in [1.807, 2.05) is 13.8 Å². The van der Waals surface area contributed by atoms with Crippen LogP contribution in [0.15, 0.2) is 18.2 Å². The lowest BCUT2D eigenvalue weighted by atomic mass is 9.75. The van der Waals surface area contributed by atoms with Gasteiger partial charge in [0, 0.05) is 30.1 Å². The molecule has 1 aromatic carbocycles. The Morgan fingerprint density at radius 1 is 1.30 bits per heavy atom. The Morgan fingerprint density at radius 2 is 1.97 bits per heavy atom. The van der Waals surface area contributed by atoms with Gasteiger partial charge in [-0.1, -0.05) is 25.4 Å². The van der Waals surface area contributed by atoms with Crippen LogP contribution in [0.1, 0.15) is 45.1 Å². The number of carbonyl (C=O) groups is 2. The van der Waals surface area contributed by atoms with Gasteiger partial charge in [-0.25, -0.2) is 0 Å². The van der Waals surface area contributed by atoms with Crippen LogP contribution in [-0.2, 0) is 15.8 Å². The maximum Gasteiger partial charge on any atom is 0.475 e. The lowest BCUT2D eigenvalue weighted by Crippen LogP contribution is -2.53. The second-order valence-corrected chi connectivity index (χ2v) is 8.28. The van der Waals surface area contributed by atoms with Gasteiger partial charge in [0.1, 0.15) is 0 Å². The van der Waals surface area contributed by atoms with Gasteiger partial charge in [-0.3, -0.25) is 9.59 Å². The number of halogens is 4. The van der Waals surface area contributed by atoms with Crippen LogP contribution < -0.4 is 10.2 Å². The van der Waals surface area contributed by atoms with Gasteiger partial charge in [-0.2, -0.15) is 13.2 Å². The van der Waals surface area contributed by atoms with Crippen LogP contribution in [0.3, 0.4) is 0 Å². The number of ketones is 1. The third-order valence-corrected chi connectivity index (χ3v) is 5.23. The zero-order valence-electron chi connectivity index (χ0n) is 16.7.